The van der Waals surface area contributed by atoms with Gasteiger partial charge in [0.25, 0.3) is 0 Å². The van der Waals surface area contributed by atoms with Crippen molar-refractivity contribution in [1.82, 2.24) is 20.3 Å². The molecule has 5 aromatic rings. The number of rotatable bonds is 12. The molecule has 0 saturated heterocycles. The van der Waals surface area contributed by atoms with Gasteiger partial charge in [0.1, 0.15) is 5.69 Å². The van der Waals surface area contributed by atoms with Crippen LogP contribution in [0.3, 0.4) is 0 Å². The summed E-state index contributed by atoms with van der Waals surface area (Å²) in [5, 5.41) is 7.47. The monoisotopic (exact) mass is 601 g/mol. The highest BCUT2D eigenvalue weighted by Gasteiger charge is 2.22. The average Bonchev–Trinajstić information content (AvgIpc) is 3.71. The Morgan fingerprint density at radius 3 is 2.57 bits per heavy atom. The number of aromatic amines is 1. The number of pyridine rings is 2. The van der Waals surface area contributed by atoms with Crippen LogP contribution >= 0.6 is 11.3 Å². The molecule has 0 atom stereocenters. The molecular formula is C37H36FN5S. The number of hydrogen-bond acceptors (Lipinski definition) is 5. The summed E-state index contributed by atoms with van der Waals surface area (Å²) in [7, 11) is 1.75. The average molecular weight is 602 g/mol. The van der Waals surface area contributed by atoms with Gasteiger partial charge in [0.05, 0.1) is 22.5 Å². The first-order valence-corrected chi connectivity index (χ1v) is 15.2. The van der Waals surface area contributed by atoms with Crippen LogP contribution in [-0.2, 0) is 6.54 Å². The number of halogens is 1. The van der Waals surface area contributed by atoms with Crippen molar-refractivity contribution in [3.05, 3.63) is 144 Å². The van der Waals surface area contributed by atoms with Crippen molar-refractivity contribution in [1.29, 1.82) is 0 Å². The fourth-order valence-corrected chi connectivity index (χ4v) is 5.97. The van der Waals surface area contributed by atoms with Gasteiger partial charge in [-0.1, -0.05) is 62.2 Å². The lowest BCUT2D eigenvalue weighted by Crippen LogP contribution is -2.16. The van der Waals surface area contributed by atoms with Crippen molar-refractivity contribution in [2.45, 2.75) is 20.4 Å². The van der Waals surface area contributed by atoms with E-state index in [1.54, 1.807) is 36.9 Å². The fraction of sp³-hybridized carbons (Fsp3) is 0.135. The maximum atomic E-state index is 16.5. The number of fused-ring (bicyclic) bond motifs is 1. The molecular weight excluding hydrogens is 566 g/mol. The van der Waals surface area contributed by atoms with Crippen LogP contribution in [0.5, 0.6) is 0 Å². The van der Waals surface area contributed by atoms with Gasteiger partial charge in [0.15, 0.2) is 5.82 Å². The number of allylic oxidation sites excluding steroid dienone is 4. The van der Waals surface area contributed by atoms with Crippen LogP contribution in [0.25, 0.3) is 38.2 Å². The van der Waals surface area contributed by atoms with Gasteiger partial charge in [-0.2, -0.15) is 0 Å². The minimum Gasteiger partial charge on any atom is -0.386 e. The number of benzene rings is 1. The number of hydrogen-bond donors (Lipinski definition) is 3. The first-order valence-electron chi connectivity index (χ1n) is 14.4. The Balaban J connectivity index is 1.47. The molecule has 1 aromatic carbocycles. The summed E-state index contributed by atoms with van der Waals surface area (Å²) in [5.41, 5.74) is 7.90. The van der Waals surface area contributed by atoms with E-state index < -0.39 is 5.82 Å². The van der Waals surface area contributed by atoms with E-state index in [0.717, 1.165) is 37.5 Å². The van der Waals surface area contributed by atoms with Crippen molar-refractivity contribution in [3.63, 3.8) is 0 Å². The van der Waals surface area contributed by atoms with Crippen LogP contribution in [0.4, 0.5) is 10.1 Å². The zero-order valence-corrected chi connectivity index (χ0v) is 26.1. The first-order chi connectivity index (χ1) is 21.3. The minimum absolute atomic E-state index is 0.245. The highest BCUT2D eigenvalue weighted by molar-refractivity contribution is 7.16. The van der Waals surface area contributed by atoms with Crippen LogP contribution < -0.4 is 10.6 Å². The lowest BCUT2D eigenvalue weighted by atomic mass is 9.98. The summed E-state index contributed by atoms with van der Waals surface area (Å²) in [6.45, 7) is 17.5. The van der Waals surface area contributed by atoms with Gasteiger partial charge in [-0.25, -0.2) is 4.39 Å². The van der Waals surface area contributed by atoms with Crippen molar-refractivity contribution >= 4 is 44.6 Å². The third kappa shape index (κ3) is 6.39. The second-order valence-corrected chi connectivity index (χ2v) is 11.5. The summed E-state index contributed by atoms with van der Waals surface area (Å²) < 4.78 is 16.5. The predicted octanol–water partition coefficient (Wildman–Crippen LogP) is 9.27. The Morgan fingerprint density at radius 1 is 1.09 bits per heavy atom. The van der Waals surface area contributed by atoms with Gasteiger partial charge in [0.2, 0.25) is 0 Å². The molecule has 7 heteroatoms. The predicted molar refractivity (Wildman–Crippen MR) is 186 cm³/mol. The lowest BCUT2D eigenvalue weighted by Gasteiger charge is -2.15. The Hall–Kier alpha value is -4.85. The Labute approximate surface area is 262 Å². The molecule has 0 unspecified atom stereocenters. The molecule has 0 fully saturated rings. The molecule has 222 valence electrons. The lowest BCUT2D eigenvalue weighted by molar-refractivity contribution is 0.614. The van der Waals surface area contributed by atoms with Crippen molar-refractivity contribution in [2.24, 2.45) is 0 Å². The van der Waals surface area contributed by atoms with Gasteiger partial charge in [-0.05, 0) is 66.5 Å². The van der Waals surface area contributed by atoms with Crippen molar-refractivity contribution < 1.29 is 4.39 Å². The van der Waals surface area contributed by atoms with Gasteiger partial charge in [0, 0.05) is 58.9 Å². The van der Waals surface area contributed by atoms with Gasteiger partial charge < -0.3 is 15.6 Å². The van der Waals surface area contributed by atoms with Crippen LogP contribution in [0.15, 0.2) is 111 Å². The summed E-state index contributed by atoms with van der Waals surface area (Å²) in [4.78, 5) is 14.8. The van der Waals surface area contributed by atoms with E-state index in [1.807, 2.05) is 56.3 Å². The SMILES string of the molecule is C=C/C(=C\C(=C/C)c1ncc(NC)c(C(=C)c2cc3c(-c4ccc(C(=C)C)s4)nccc3[nH]2)c1F)CNCc1ccccc1. The third-order valence-electron chi connectivity index (χ3n) is 7.41. The van der Waals surface area contributed by atoms with E-state index in [-0.39, 0.29) is 5.69 Å². The molecule has 0 saturated carbocycles. The van der Waals surface area contributed by atoms with Crippen LogP contribution in [-0.4, -0.2) is 28.5 Å². The topological polar surface area (TPSA) is 65.6 Å². The standard InChI is InChI=1S/C37H36FN5S/c1-7-25(20-40-21-26-12-10-9-11-13-26)18-27(8-2)36-35(38)34(31(39-6)22-42-36)24(5)30-19-28-29(43-30)16-17-41-37(28)33-15-14-32(44-33)23(3)4/h7-19,22,39-40,43H,1,3,5,20-21H2,2,4,6H3/b25-18+,27-8+. The number of thiophene rings is 1. The Kier molecular flexibility index (Phi) is 9.48. The molecule has 0 spiro atoms. The van der Waals surface area contributed by atoms with Gasteiger partial charge in [-0.15, -0.1) is 11.3 Å². The fourth-order valence-electron chi connectivity index (χ4n) is 5.03. The number of nitrogens with one attached hydrogen (secondary N) is 3. The molecule has 4 heterocycles. The molecule has 0 aliphatic heterocycles. The molecule has 4 aromatic heterocycles. The second kappa shape index (κ2) is 13.6. The molecule has 0 radical (unpaired) electrons. The number of anilines is 1. The van der Waals surface area contributed by atoms with E-state index in [9.17, 15) is 0 Å². The van der Waals surface area contributed by atoms with E-state index in [1.165, 1.54) is 5.56 Å². The number of H-pyrrole nitrogens is 1. The number of nitrogens with zero attached hydrogens (tertiary/aromatic N) is 2. The highest BCUT2D eigenvalue weighted by Crippen LogP contribution is 2.38. The third-order valence-corrected chi connectivity index (χ3v) is 8.67. The molecule has 44 heavy (non-hydrogen) atoms. The second-order valence-electron chi connectivity index (χ2n) is 10.4. The smallest absolute Gasteiger partial charge is 0.159 e. The maximum absolute atomic E-state index is 16.5. The summed E-state index contributed by atoms with van der Waals surface area (Å²) in [6, 6.07) is 18.2. The first kappa shape index (κ1) is 30.6. The zero-order valence-electron chi connectivity index (χ0n) is 25.3. The number of aromatic nitrogens is 3. The van der Waals surface area contributed by atoms with E-state index in [0.29, 0.717) is 41.2 Å². The Bertz CT molecular complexity index is 1910. The minimum atomic E-state index is -0.451. The van der Waals surface area contributed by atoms with Crippen LogP contribution in [0.2, 0.25) is 0 Å². The van der Waals surface area contributed by atoms with Crippen LogP contribution in [0, 0.1) is 5.82 Å². The van der Waals surface area contributed by atoms with Gasteiger partial charge in [-0.3, -0.25) is 9.97 Å². The normalized spacial score (nSPS) is 12.0. The summed E-state index contributed by atoms with van der Waals surface area (Å²) in [6.07, 6.45) is 8.99. The summed E-state index contributed by atoms with van der Waals surface area (Å²) in [5.74, 6) is -0.451. The van der Waals surface area contributed by atoms with Crippen LogP contribution in [0.1, 0.15) is 41.2 Å². The largest absolute Gasteiger partial charge is 0.386 e. The van der Waals surface area contributed by atoms with E-state index in [4.69, 9.17) is 0 Å². The molecule has 5 rings (SSSR count). The molecule has 5 nitrogen and oxygen atoms in total. The maximum Gasteiger partial charge on any atom is 0.159 e. The van der Waals surface area contributed by atoms with E-state index >= 15 is 4.39 Å². The van der Waals surface area contributed by atoms with Gasteiger partial charge >= 0.3 is 0 Å². The van der Waals surface area contributed by atoms with Crippen molar-refractivity contribution in [2.75, 3.05) is 18.9 Å². The Morgan fingerprint density at radius 2 is 1.89 bits per heavy atom. The summed E-state index contributed by atoms with van der Waals surface area (Å²) >= 11 is 1.65. The molecule has 3 N–H and O–H groups in total. The molecule has 0 aliphatic rings. The van der Waals surface area contributed by atoms with E-state index in [2.05, 4.69) is 69.6 Å². The molecule has 0 bridgehead atoms. The quantitative estimate of drug-likeness (QED) is 0.125. The molecule has 0 amide bonds. The van der Waals surface area contributed by atoms with Crippen molar-refractivity contribution in [3.8, 4) is 10.6 Å². The molecule has 0 aliphatic carbocycles. The zero-order chi connectivity index (χ0) is 31.2. The highest BCUT2D eigenvalue weighted by atomic mass is 32.1.